The Kier molecular flexibility index (Phi) is 9.72. The van der Waals surface area contributed by atoms with Crippen LogP contribution in [0.15, 0.2) is 0 Å². The van der Waals surface area contributed by atoms with Crippen LogP contribution in [-0.2, 0) is 47.8 Å². The number of rotatable bonds is 11. The Morgan fingerprint density at radius 3 is 2.35 bits per heavy atom. The number of hydrogen-bond donors (Lipinski definition) is 0. The molecule has 2 bridgehead atoms. The lowest BCUT2D eigenvalue weighted by Crippen LogP contribution is -2.70. The number of esters is 3. The first-order valence-corrected chi connectivity index (χ1v) is 15.6. The minimum absolute atomic E-state index is 0.0576. The second-order valence-corrected chi connectivity index (χ2v) is 13.2. The molecule has 4 aliphatic heterocycles. The van der Waals surface area contributed by atoms with Gasteiger partial charge in [-0.3, -0.25) is 14.4 Å². The van der Waals surface area contributed by atoms with Crippen LogP contribution in [0.1, 0.15) is 66.2 Å². The highest BCUT2D eigenvalue weighted by Gasteiger charge is 2.69. The van der Waals surface area contributed by atoms with E-state index in [1.807, 2.05) is 13.8 Å². The van der Waals surface area contributed by atoms with Gasteiger partial charge in [-0.05, 0) is 38.0 Å². The second-order valence-electron chi connectivity index (χ2n) is 10.5. The smallest absolute Gasteiger partial charge is 0.308 e. The van der Waals surface area contributed by atoms with Crippen molar-refractivity contribution in [3.8, 4) is 0 Å². The van der Waals surface area contributed by atoms with Crippen molar-refractivity contribution in [3.05, 3.63) is 0 Å². The molecule has 4 heterocycles. The van der Waals surface area contributed by atoms with E-state index in [9.17, 15) is 14.4 Å². The predicted octanol–water partition coefficient (Wildman–Crippen LogP) is 4.01. The Balaban J connectivity index is 1.21. The Morgan fingerprint density at radius 1 is 0.919 bits per heavy atom. The lowest BCUT2D eigenvalue weighted by atomic mass is 9.58. The van der Waals surface area contributed by atoms with Gasteiger partial charge in [0.05, 0.1) is 12.8 Å². The van der Waals surface area contributed by atoms with Crippen LogP contribution in [0.4, 0.5) is 0 Å². The Hall–Kier alpha value is -1.05. The molecule has 5 fully saturated rings. The number of ether oxygens (including phenoxy) is 5. The summed E-state index contributed by atoms with van der Waals surface area (Å²) in [5.41, 5.74) is -0.712. The van der Waals surface area contributed by atoms with Crippen LogP contribution in [0.25, 0.3) is 0 Å². The summed E-state index contributed by atoms with van der Waals surface area (Å²) in [6, 6.07) is 0. The van der Waals surface area contributed by atoms with Gasteiger partial charge in [-0.25, -0.2) is 9.78 Å². The van der Waals surface area contributed by atoms with Crippen molar-refractivity contribution in [1.82, 2.24) is 0 Å². The van der Waals surface area contributed by atoms with Gasteiger partial charge >= 0.3 is 17.9 Å². The van der Waals surface area contributed by atoms with Crippen molar-refractivity contribution in [2.75, 3.05) is 24.7 Å². The van der Waals surface area contributed by atoms with Gasteiger partial charge < -0.3 is 23.7 Å². The van der Waals surface area contributed by atoms with E-state index in [-0.39, 0.29) is 43.2 Å². The van der Waals surface area contributed by atoms with E-state index in [1.165, 1.54) is 28.5 Å². The molecule has 0 radical (unpaired) electrons. The topological polar surface area (TPSA) is 116 Å². The lowest BCUT2D eigenvalue weighted by molar-refractivity contribution is -0.576. The molecule has 1 saturated carbocycles. The molecule has 0 aromatic rings. The zero-order valence-electron chi connectivity index (χ0n) is 21.9. The largest absolute Gasteiger partial charge is 0.465 e. The molecule has 1 unspecified atom stereocenters. The SMILES string of the molecule is CC(=O)OCCSSCCOC(=O)CCC(=O)OC1O[C@@H]2O[C@@]3(C)CC[C@H]4[C@H](C)CC[C@@H]([C@H]1C)[C@@]24OO3. The number of hydrogen-bond acceptors (Lipinski definition) is 12. The molecule has 210 valence electrons. The summed E-state index contributed by atoms with van der Waals surface area (Å²) in [4.78, 5) is 47.3. The minimum Gasteiger partial charge on any atom is -0.465 e. The monoisotopic (exact) mass is 562 g/mol. The fourth-order valence-electron chi connectivity index (χ4n) is 6.00. The first-order valence-electron chi connectivity index (χ1n) is 13.1. The minimum atomic E-state index is -0.893. The van der Waals surface area contributed by atoms with E-state index in [2.05, 4.69) is 6.92 Å². The van der Waals surface area contributed by atoms with Crippen LogP contribution in [0, 0.1) is 23.7 Å². The van der Waals surface area contributed by atoms with Gasteiger partial charge in [0.25, 0.3) is 0 Å². The number of carbonyl (C=O) groups excluding carboxylic acids is 3. The molecule has 1 aliphatic carbocycles. The summed E-state index contributed by atoms with van der Waals surface area (Å²) in [5.74, 6) is -0.268. The van der Waals surface area contributed by atoms with Gasteiger partial charge in [0, 0.05) is 36.7 Å². The Labute approximate surface area is 225 Å². The van der Waals surface area contributed by atoms with E-state index in [4.69, 9.17) is 33.5 Å². The first kappa shape index (κ1) is 28.9. The summed E-state index contributed by atoms with van der Waals surface area (Å²) < 4.78 is 28.3. The van der Waals surface area contributed by atoms with Gasteiger partial charge in [0.1, 0.15) is 13.2 Å². The highest BCUT2D eigenvalue weighted by molar-refractivity contribution is 8.76. The Morgan fingerprint density at radius 2 is 1.62 bits per heavy atom. The maximum atomic E-state index is 12.6. The molecule has 12 heteroatoms. The summed E-state index contributed by atoms with van der Waals surface area (Å²) >= 11 is 0. The molecular weight excluding hydrogens is 524 g/mol. The van der Waals surface area contributed by atoms with E-state index in [0.717, 1.165) is 19.3 Å². The quantitative estimate of drug-likeness (QED) is 0.119. The van der Waals surface area contributed by atoms with E-state index in [0.29, 0.717) is 30.5 Å². The zero-order valence-corrected chi connectivity index (χ0v) is 23.6. The molecule has 8 atom stereocenters. The van der Waals surface area contributed by atoms with Crippen molar-refractivity contribution < 1.29 is 47.8 Å². The van der Waals surface area contributed by atoms with E-state index >= 15 is 0 Å². The fourth-order valence-corrected chi connectivity index (χ4v) is 7.65. The molecule has 5 rings (SSSR count). The Bertz CT molecular complexity index is 842. The molecule has 4 saturated heterocycles. The van der Waals surface area contributed by atoms with E-state index in [1.54, 1.807) is 0 Å². The van der Waals surface area contributed by atoms with Crippen LogP contribution < -0.4 is 0 Å². The van der Waals surface area contributed by atoms with Crippen molar-refractivity contribution in [2.45, 2.75) is 90.2 Å². The van der Waals surface area contributed by atoms with Gasteiger partial charge in [-0.2, -0.15) is 0 Å². The second kappa shape index (κ2) is 12.4. The third kappa shape index (κ3) is 6.58. The molecule has 5 aliphatic rings. The molecule has 37 heavy (non-hydrogen) atoms. The van der Waals surface area contributed by atoms with Crippen LogP contribution in [-0.4, -0.2) is 66.6 Å². The van der Waals surface area contributed by atoms with Gasteiger partial charge in [0.2, 0.25) is 12.1 Å². The van der Waals surface area contributed by atoms with Gasteiger partial charge in [-0.15, -0.1) is 0 Å². The van der Waals surface area contributed by atoms with Crippen LogP contribution in [0.2, 0.25) is 0 Å². The van der Waals surface area contributed by atoms with Gasteiger partial charge in [0.15, 0.2) is 11.9 Å². The highest BCUT2D eigenvalue weighted by Crippen LogP contribution is 2.60. The summed E-state index contributed by atoms with van der Waals surface area (Å²) in [7, 11) is 3.06. The van der Waals surface area contributed by atoms with Crippen LogP contribution in [0.3, 0.4) is 0 Å². The molecular formula is C25H38O10S2. The molecule has 0 aromatic heterocycles. The summed E-state index contributed by atoms with van der Waals surface area (Å²) in [6.45, 7) is 8.08. The van der Waals surface area contributed by atoms with Crippen molar-refractivity contribution in [1.29, 1.82) is 0 Å². The maximum Gasteiger partial charge on any atom is 0.308 e. The lowest BCUT2D eigenvalue weighted by Gasteiger charge is -2.59. The number of carbonyl (C=O) groups is 3. The van der Waals surface area contributed by atoms with Crippen molar-refractivity contribution in [2.24, 2.45) is 23.7 Å². The highest BCUT2D eigenvalue weighted by atomic mass is 33.1. The van der Waals surface area contributed by atoms with Gasteiger partial charge in [-0.1, -0.05) is 35.4 Å². The fraction of sp³-hybridized carbons (Fsp3) is 0.880. The first-order chi connectivity index (χ1) is 17.6. The third-order valence-electron chi connectivity index (χ3n) is 7.86. The molecule has 1 spiro atoms. The summed E-state index contributed by atoms with van der Waals surface area (Å²) in [5, 5.41) is 0. The molecule has 0 amide bonds. The normalized spacial score (nSPS) is 38.3. The van der Waals surface area contributed by atoms with Crippen LogP contribution in [0.5, 0.6) is 0 Å². The molecule has 0 N–H and O–H groups in total. The number of fused-ring (bicyclic) bond motifs is 2. The van der Waals surface area contributed by atoms with Crippen molar-refractivity contribution in [3.63, 3.8) is 0 Å². The summed E-state index contributed by atoms with van der Waals surface area (Å²) in [6.07, 6.45) is 1.98. The third-order valence-corrected chi connectivity index (χ3v) is 10.2. The molecule has 0 aromatic carbocycles. The molecule has 10 nitrogen and oxygen atoms in total. The van der Waals surface area contributed by atoms with E-state index < -0.39 is 35.9 Å². The predicted molar refractivity (Wildman–Crippen MR) is 135 cm³/mol. The van der Waals surface area contributed by atoms with Crippen LogP contribution >= 0.6 is 21.6 Å². The maximum absolute atomic E-state index is 12.6. The average Bonchev–Trinajstić information content (AvgIpc) is 3.08. The average molecular weight is 563 g/mol. The van der Waals surface area contributed by atoms with Crippen molar-refractivity contribution >= 4 is 39.5 Å². The standard InChI is InChI=1S/C25H38O10S2/c1-15-5-6-19-16(2)22(32-23-25(19)18(15)9-10-24(4,33-23)34-35-25)31-21(28)8-7-20(27)30-12-14-37-36-13-11-29-17(3)26/h15-16,18-19,22-23H,5-14H2,1-4H3/t15-,16-,18+,19+,22?,23-,24-,25-/m1/s1. The zero-order chi connectivity index (χ0) is 26.6.